The van der Waals surface area contributed by atoms with Crippen LogP contribution in [0.4, 0.5) is 19.0 Å². The molecule has 5 rings (SSSR count). The molecule has 10 nitrogen and oxygen atoms in total. The van der Waals surface area contributed by atoms with Crippen molar-refractivity contribution < 1.29 is 36.9 Å². The van der Waals surface area contributed by atoms with Gasteiger partial charge in [-0.05, 0) is 63.1 Å². The fourth-order valence-electron chi connectivity index (χ4n) is 6.07. The molecule has 0 bridgehead atoms. The highest BCUT2D eigenvalue weighted by Crippen LogP contribution is 2.33. The number of hydrogen-bond donors (Lipinski definition) is 2. The topological polar surface area (TPSA) is 107 Å². The van der Waals surface area contributed by atoms with E-state index in [0.29, 0.717) is 49.4 Å². The first kappa shape index (κ1) is 31.4. The van der Waals surface area contributed by atoms with Crippen LogP contribution in [0.2, 0.25) is 0 Å². The smallest absolute Gasteiger partial charge is 0.406 e. The molecule has 0 spiro atoms. The van der Waals surface area contributed by atoms with E-state index >= 15 is 0 Å². The fraction of sp³-hybridized carbons (Fsp3) is 0.633. The second-order valence-corrected chi connectivity index (χ2v) is 11.3. The number of benzene rings is 1. The van der Waals surface area contributed by atoms with Crippen molar-refractivity contribution in [3.05, 3.63) is 47.4 Å². The van der Waals surface area contributed by atoms with E-state index in [1.165, 1.54) is 18.5 Å². The number of halogens is 3. The van der Waals surface area contributed by atoms with Gasteiger partial charge in [-0.3, -0.25) is 4.79 Å². The van der Waals surface area contributed by atoms with Gasteiger partial charge in [0.25, 0.3) is 5.91 Å². The van der Waals surface area contributed by atoms with E-state index in [1.54, 1.807) is 19.2 Å². The van der Waals surface area contributed by atoms with Crippen molar-refractivity contribution in [2.45, 2.75) is 82.2 Å². The molecule has 0 aliphatic carbocycles. The van der Waals surface area contributed by atoms with Gasteiger partial charge in [-0.2, -0.15) is 0 Å². The van der Waals surface area contributed by atoms with Crippen LogP contribution < -0.4 is 15.4 Å². The molecule has 3 aliphatic heterocycles. The third-order valence-electron chi connectivity index (χ3n) is 8.46. The predicted molar refractivity (Wildman–Crippen MR) is 152 cm³/mol. The van der Waals surface area contributed by atoms with Crippen LogP contribution in [0.5, 0.6) is 5.75 Å². The first-order chi connectivity index (χ1) is 20.7. The maximum absolute atomic E-state index is 13.4. The molecule has 4 heterocycles. The molecule has 1 aromatic carbocycles. The number of nitrogens with one attached hydrogen (secondary N) is 2. The van der Waals surface area contributed by atoms with Crippen LogP contribution in [-0.2, 0) is 14.2 Å². The van der Waals surface area contributed by atoms with Crippen molar-refractivity contribution in [1.82, 2.24) is 20.2 Å². The molecule has 1 amide bonds. The Kier molecular flexibility index (Phi) is 10.4. The Morgan fingerprint density at radius 1 is 1.09 bits per heavy atom. The van der Waals surface area contributed by atoms with E-state index in [2.05, 4.69) is 25.3 Å². The van der Waals surface area contributed by atoms with E-state index < -0.39 is 6.36 Å². The molecule has 1 aromatic heterocycles. The minimum Gasteiger partial charge on any atom is -0.406 e. The zero-order valence-corrected chi connectivity index (χ0v) is 24.6. The van der Waals surface area contributed by atoms with Gasteiger partial charge in [0, 0.05) is 51.0 Å². The van der Waals surface area contributed by atoms with Gasteiger partial charge in [0.2, 0.25) is 0 Å². The molecule has 0 radical (unpaired) electrons. The van der Waals surface area contributed by atoms with Crippen molar-refractivity contribution in [3.63, 3.8) is 0 Å². The number of anilines is 1. The summed E-state index contributed by atoms with van der Waals surface area (Å²) in [6.07, 6.45) is 1.50. The van der Waals surface area contributed by atoms with Gasteiger partial charge >= 0.3 is 6.36 Å². The van der Waals surface area contributed by atoms with E-state index in [0.717, 1.165) is 50.7 Å². The number of nitrogens with zero attached hydrogens (tertiary/aromatic N) is 3. The maximum atomic E-state index is 13.4. The molecule has 3 saturated heterocycles. The summed E-state index contributed by atoms with van der Waals surface area (Å²) in [6.45, 7) is 4.93. The summed E-state index contributed by atoms with van der Waals surface area (Å²) in [5.41, 5.74) is 1.87. The van der Waals surface area contributed by atoms with Gasteiger partial charge < -0.3 is 34.5 Å². The number of piperidine rings is 1. The Morgan fingerprint density at radius 2 is 1.86 bits per heavy atom. The lowest BCUT2D eigenvalue weighted by Gasteiger charge is -2.38. The quantitative estimate of drug-likeness (QED) is 0.429. The number of carbonyl (C=O) groups excluding carboxylic acids is 1. The molecule has 236 valence electrons. The number of aromatic nitrogens is 2. The Balaban J connectivity index is 1.12. The summed E-state index contributed by atoms with van der Waals surface area (Å²) in [7, 11) is 1.71. The Labute approximate surface area is 249 Å². The van der Waals surface area contributed by atoms with E-state index in [-0.39, 0.29) is 36.0 Å². The van der Waals surface area contributed by atoms with Crippen LogP contribution in [0.15, 0.2) is 30.6 Å². The minimum atomic E-state index is -4.73. The van der Waals surface area contributed by atoms with Gasteiger partial charge in [-0.1, -0.05) is 12.1 Å². The summed E-state index contributed by atoms with van der Waals surface area (Å²) in [5.74, 6) is 0.222. The van der Waals surface area contributed by atoms with Crippen LogP contribution >= 0.6 is 0 Å². The number of carbonyl (C=O) groups is 1. The molecule has 4 atom stereocenters. The highest BCUT2D eigenvalue weighted by atomic mass is 19.4. The van der Waals surface area contributed by atoms with Crippen LogP contribution in [0.1, 0.15) is 66.2 Å². The van der Waals surface area contributed by atoms with Gasteiger partial charge in [-0.15, -0.1) is 13.2 Å². The average molecular weight is 608 g/mol. The number of likely N-dealkylation sites (tertiary alicyclic amines) is 1. The monoisotopic (exact) mass is 607 g/mol. The minimum absolute atomic E-state index is 0.0428. The lowest BCUT2D eigenvalue weighted by atomic mass is 9.98. The van der Waals surface area contributed by atoms with Crippen LogP contribution in [0.25, 0.3) is 0 Å². The lowest BCUT2D eigenvalue weighted by Crippen LogP contribution is -2.54. The zero-order valence-electron chi connectivity index (χ0n) is 24.6. The normalized spacial score (nSPS) is 25.4. The molecule has 2 N–H and O–H groups in total. The third-order valence-corrected chi connectivity index (χ3v) is 8.46. The number of alkyl halides is 3. The second kappa shape index (κ2) is 14.2. The van der Waals surface area contributed by atoms with Crippen molar-refractivity contribution in [2.24, 2.45) is 0 Å². The Hall–Kier alpha value is -3.00. The van der Waals surface area contributed by atoms with E-state index in [1.807, 2.05) is 11.8 Å². The first-order valence-electron chi connectivity index (χ1n) is 14.9. The summed E-state index contributed by atoms with van der Waals surface area (Å²) in [5, 5.41) is 7.04. The highest BCUT2D eigenvalue weighted by Gasteiger charge is 2.33. The number of rotatable bonds is 9. The van der Waals surface area contributed by atoms with Crippen LogP contribution in [0, 0.1) is 6.92 Å². The zero-order chi connectivity index (χ0) is 30.4. The maximum Gasteiger partial charge on any atom is 0.573 e. The molecule has 0 unspecified atom stereocenters. The molecule has 2 aromatic rings. The molecular weight excluding hydrogens is 567 g/mol. The standard InChI is InChI=1S/C30H40F3N5O5/c1-19-27(29(39)38-13-10-21(11-14-38)37-24-12-15-41-17-26(24)40-2)35-18-36-28(19)34-16-23-4-3-5-25(42-23)20-6-8-22(9-7-20)43-30(31,32)33/h6-9,18,21,23-26,37H,3-5,10-17H2,1-2H3,(H,34,35,36)/t23-,24+,25+,26-/m0/s1. The number of ether oxygens (including phenoxy) is 4. The highest BCUT2D eigenvalue weighted by molar-refractivity contribution is 5.94. The number of methoxy groups -OCH3 is 1. The number of amides is 1. The van der Waals surface area contributed by atoms with Crippen molar-refractivity contribution in [2.75, 3.05) is 45.3 Å². The molecule has 13 heteroatoms. The molecule has 43 heavy (non-hydrogen) atoms. The van der Waals surface area contributed by atoms with Crippen molar-refractivity contribution in [1.29, 1.82) is 0 Å². The van der Waals surface area contributed by atoms with Crippen molar-refractivity contribution in [3.8, 4) is 5.75 Å². The molecule has 3 aliphatic rings. The summed E-state index contributed by atoms with van der Waals surface area (Å²) >= 11 is 0. The van der Waals surface area contributed by atoms with Crippen LogP contribution in [-0.4, -0.2) is 91.4 Å². The van der Waals surface area contributed by atoms with E-state index in [9.17, 15) is 18.0 Å². The van der Waals surface area contributed by atoms with Gasteiger partial charge in [0.15, 0.2) is 0 Å². The largest absolute Gasteiger partial charge is 0.573 e. The summed E-state index contributed by atoms with van der Waals surface area (Å²) in [4.78, 5) is 24.0. The van der Waals surface area contributed by atoms with E-state index in [4.69, 9.17) is 14.2 Å². The first-order valence-corrected chi connectivity index (χ1v) is 14.9. The van der Waals surface area contributed by atoms with Gasteiger partial charge in [0.1, 0.15) is 23.6 Å². The number of hydrogen-bond acceptors (Lipinski definition) is 9. The molecule has 3 fully saturated rings. The lowest BCUT2D eigenvalue weighted by molar-refractivity contribution is -0.274. The summed E-state index contributed by atoms with van der Waals surface area (Å²) in [6, 6.07) is 6.39. The SMILES string of the molecule is CO[C@H]1COCC[C@H]1NC1CCN(C(=O)c2ncnc(NC[C@@H]3CCC[C@H](c4ccc(OC(F)(F)F)cc4)O3)c2C)CC1. The average Bonchev–Trinajstić information content (AvgIpc) is 3.01. The third kappa shape index (κ3) is 8.34. The van der Waals surface area contributed by atoms with Crippen molar-refractivity contribution >= 4 is 11.7 Å². The fourth-order valence-corrected chi connectivity index (χ4v) is 6.07. The second-order valence-electron chi connectivity index (χ2n) is 11.3. The van der Waals surface area contributed by atoms with Crippen LogP contribution in [0.3, 0.4) is 0 Å². The van der Waals surface area contributed by atoms with Gasteiger partial charge in [0.05, 0.1) is 24.9 Å². The molecular formula is C30H40F3N5O5. The Bertz CT molecular complexity index is 1210. The van der Waals surface area contributed by atoms with Gasteiger partial charge in [-0.25, -0.2) is 9.97 Å². The Morgan fingerprint density at radius 3 is 2.58 bits per heavy atom. The molecule has 0 saturated carbocycles. The summed E-state index contributed by atoms with van der Waals surface area (Å²) < 4.78 is 58.8. The predicted octanol–water partition coefficient (Wildman–Crippen LogP) is 4.40.